The quantitative estimate of drug-likeness (QED) is 0.885. The van der Waals surface area contributed by atoms with Crippen molar-refractivity contribution in [2.45, 2.75) is 26.3 Å². The molecule has 1 N–H and O–H groups in total. The van der Waals surface area contributed by atoms with Gasteiger partial charge in [-0.1, -0.05) is 0 Å². The molecule has 0 aromatic carbocycles. The number of carbonyl (C=O) groups excluding carboxylic acids is 1. The second-order valence-corrected chi connectivity index (χ2v) is 5.06. The summed E-state index contributed by atoms with van der Waals surface area (Å²) in [6.07, 6.45) is 3.58. The van der Waals surface area contributed by atoms with E-state index in [4.69, 9.17) is 0 Å². The van der Waals surface area contributed by atoms with Gasteiger partial charge in [-0.2, -0.15) is 0 Å². The first kappa shape index (κ1) is 12.8. The Hall–Kier alpha value is -2.24. The molecule has 0 atom stereocenters. The number of nitrogens with zero attached hydrogens (tertiary/aromatic N) is 3. The zero-order valence-electron chi connectivity index (χ0n) is 11.3. The molecule has 2 aromatic rings. The molecule has 1 fully saturated rings. The van der Waals surface area contributed by atoms with Gasteiger partial charge in [-0.25, -0.2) is 9.97 Å². The molecule has 1 saturated carbocycles. The first-order chi connectivity index (χ1) is 9.66. The maximum atomic E-state index is 12.3. The third kappa shape index (κ3) is 2.41. The molecule has 1 aliphatic rings. The normalized spacial score (nSPS) is 14.4. The molecule has 20 heavy (non-hydrogen) atoms. The van der Waals surface area contributed by atoms with Gasteiger partial charge in [-0.15, -0.1) is 0 Å². The summed E-state index contributed by atoms with van der Waals surface area (Å²) in [6.45, 7) is 2.66. The van der Waals surface area contributed by atoms with Crippen LogP contribution in [0.2, 0.25) is 0 Å². The largest absolute Gasteiger partial charge is 0.354 e. The minimum Gasteiger partial charge on any atom is -0.354 e. The number of pyridine rings is 1. The molecule has 0 radical (unpaired) electrons. The van der Waals surface area contributed by atoms with Crippen LogP contribution in [-0.4, -0.2) is 27.0 Å². The molecule has 0 unspecified atom stereocenters. The lowest BCUT2D eigenvalue weighted by molar-refractivity contribution is -0.122. The Bertz CT molecular complexity index is 719. The Kier molecular flexibility index (Phi) is 3.22. The van der Waals surface area contributed by atoms with E-state index < -0.39 is 0 Å². The minimum absolute atomic E-state index is 0.0890. The summed E-state index contributed by atoms with van der Waals surface area (Å²) in [5.41, 5.74) is 0.356. The van der Waals surface area contributed by atoms with E-state index in [1.165, 1.54) is 0 Å². The van der Waals surface area contributed by atoms with Crippen LogP contribution in [0.1, 0.15) is 18.7 Å². The van der Waals surface area contributed by atoms with Gasteiger partial charge >= 0.3 is 0 Å². The molecule has 6 heteroatoms. The Morgan fingerprint density at radius 1 is 1.50 bits per heavy atom. The summed E-state index contributed by atoms with van der Waals surface area (Å²) >= 11 is 0. The second-order valence-electron chi connectivity index (χ2n) is 5.06. The fraction of sp³-hybridized carbons (Fsp3) is 0.429. The van der Waals surface area contributed by atoms with E-state index in [2.05, 4.69) is 15.3 Å². The van der Waals surface area contributed by atoms with E-state index in [9.17, 15) is 9.59 Å². The monoisotopic (exact) mass is 272 g/mol. The zero-order valence-corrected chi connectivity index (χ0v) is 11.3. The van der Waals surface area contributed by atoms with Gasteiger partial charge in [0.15, 0.2) is 5.65 Å². The average molecular weight is 272 g/mol. The first-order valence-corrected chi connectivity index (χ1v) is 6.76. The maximum Gasteiger partial charge on any atom is 0.263 e. The summed E-state index contributed by atoms with van der Waals surface area (Å²) in [5, 5.41) is 3.36. The lowest BCUT2D eigenvalue weighted by atomic mass is 10.3. The summed E-state index contributed by atoms with van der Waals surface area (Å²) in [7, 11) is 0. The number of amides is 1. The topological polar surface area (TPSA) is 76.9 Å². The number of hydrogen-bond acceptors (Lipinski definition) is 4. The number of carbonyl (C=O) groups is 1. The molecule has 0 spiro atoms. The zero-order chi connectivity index (χ0) is 14.1. The Morgan fingerprint density at radius 2 is 2.30 bits per heavy atom. The van der Waals surface area contributed by atoms with Crippen LogP contribution in [0.15, 0.2) is 23.1 Å². The van der Waals surface area contributed by atoms with Gasteiger partial charge in [0.1, 0.15) is 5.82 Å². The number of nitrogens with one attached hydrogen (secondary N) is 1. The fourth-order valence-electron chi connectivity index (χ4n) is 2.20. The molecule has 3 rings (SSSR count). The summed E-state index contributed by atoms with van der Waals surface area (Å²) in [4.78, 5) is 32.3. The van der Waals surface area contributed by atoms with Gasteiger partial charge in [-0.3, -0.25) is 14.2 Å². The average Bonchev–Trinajstić information content (AvgIpc) is 3.27. The third-order valence-electron chi connectivity index (χ3n) is 3.50. The van der Waals surface area contributed by atoms with Crippen LogP contribution in [0.4, 0.5) is 0 Å². The van der Waals surface area contributed by atoms with E-state index >= 15 is 0 Å². The molecule has 0 bridgehead atoms. The highest BCUT2D eigenvalue weighted by molar-refractivity contribution is 5.80. The summed E-state index contributed by atoms with van der Waals surface area (Å²) in [6, 6.07) is 3.44. The number of fused-ring (bicyclic) bond motifs is 1. The van der Waals surface area contributed by atoms with Gasteiger partial charge < -0.3 is 5.32 Å². The van der Waals surface area contributed by atoms with Crippen molar-refractivity contribution < 1.29 is 4.79 Å². The smallest absolute Gasteiger partial charge is 0.263 e. The maximum absolute atomic E-state index is 12.3. The van der Waals surface area contributed by atoms with E-state index in [1.54, 1.807) is 29.8 Å². The van der Waals surface area contributed by atoms with Crippen LogP contribution in [0.25, 0.3) is 11.0 Å². The summed E-state index contributed by atoms with van der Waals surface area (Å²) in [5.74, 6) is 0.889. The molecule has 1 amide bonds. The molecule has 1 aliphatic carbocycles. The van der Waals surface area contributed by atoms with Crippen molar-refractivity contribution >= 4 is 16.9 Å². The van der Waals surface area contributed by atoms with Gasteiger partial charge in [0, 0.05) is 25.2 Å². The van der Waals surface area contributed by atoms with Crippen LogP contribution in [0, 0.1) is 12.8 Å². The Balaban J connectivity index is 1.80. The van der Waals surface area contributed by atoms with Gasteiger partial charge in [0.05, 0.1) is 5.39 Å². The third-order valence-corrected chi connectivity index (χ3v) is 3.50. The number of rotatable bonds is 4. The van der Waals surface area contributed by atoms with Crippen LogP contribution >= 0.6 is 0 Å². The molecule has 6 nitrogen and oxygen atoms in total. The van der Waals surface area contributed by atoms with Crippen molar-refractivity contribution in [3.8, 4) is 0 Å². The second kappa shape index (κ2) is 5.03. The predicted octanol–water partition coefficient (Wildman–Crippen LogP) is 0.626. The van der Waals surface area contributed by atoms with Gasteiger partial charge in [0.2, 0.25) is 5.91 Å². The number of aryl methyl sites for hydroxylation is 1. The van der Waals surface area contributed by atoms with E-state index in [0.29, 0.717) is 29.9 Å². The minimum atomic E-state index is -0.110. The number of hydrogen-bond donors (Lipinski definition) is 1. The van der Waals surface area contributed by atoms with Crippen LogP contribution in [-0.2, 0) is 11.3 Å². The molecule has 2 aromatic heterocycles. The molecule has 0 aliphatic heterocycles. The van der Waals surface area contributed by atoms with Crippen LogP contribution in [0.5, 0.6) is 0 Å². The highest BCUT2D eigenvalue weighted by Crippen LogP contribution is 2.28. The molecule has 104 valence electrons. The Morgan fingerprint density at radius 3 is 3.05 bits per heavy atom. The standard InChI is InChI=1S/C14H16N4O2/c1-9-17-12-11(3-2-6-15-12)14(20)18(9)8-7-16-13(19)10-4-5-10/h2-3,6,10H,4-5,7-8H2,1H3,(H,16,19). The van der Waals surface area contributed by atoms with E-state index in [-0.39, 0.29) is 17.4 Å². The summed E-state index contributed by atoms with van der Waals surface area (Å²) < 4.78 is 1.58. The fourth-order valence-corrected chi connectivity index (χ4v) is 2.20. The van der Waals surface area contributed by atoms with Crippen molar-refractivity contribution in [1.29, 1.82) is 0 Å². The lowest BCUT2D eigenvalue weighted by Gasteiger charge is -2.10. The van der Waals surface area contributed by atoms with Gasteiger partial charge in [0.25, 0.3) is 5.56 Å². The van der Waals surface area contributed by atoms with Crippen molar-refractivity contribution in [3.63, 3.8) is 0 Å². The number of aromatic nitrogens is 3. The Labute approximate surface area is 115 Å². The molecule has 2 heterocycles. The van der Waals surface area contributed by atoms with E-state index in [1.807, 2.05) is 0 Å². The predicted molar refractivity (Wildman–Crippen MR) is 74.3 cm³/mol. The highest BCUT2D eigenvalue weighted by Gasteiger charge is 2.29. The van der Waals surface area contributed by atoms with Crippen LogP contribution < -0.4 is 10.9 Å². The van der Waals surface area contributed by atoms with Crippen molar-refractivity contribution in [2.24, 2.45) is 5.92 Å². The van der Waals surface area contributed by atoms with Crippen molar-refractivity contribution in [2.75, 3.05) is 6.54 Å². The first-order valence-electron chi connectivity index (χ1n) is 6.76. The van der Waals surface area contributed by atoms with Crippen molar-refractivity contribution in [1.82, 2.24) is 19.9 Å². The molecule has 0 saturated heterocycles. The highest BCUT2D eigenvalue weighted by atomic mass is 16.2. The van der Waals surface area contributed by atoms with Crippen LogP contribution in [0.3, 0.4) is 0 Å². The van der Waals surface area contributed by atoms with Gasteiger partial charge in [-0.05, 0) is 31.9 Å². The molecular formula is C14H16N4O2. The molecular weight excluding hydrogens is 256 g/mol. The van der Waals surface area contributed by atoms with E-state index in [0.717, 1.165) is 12.8 Å². The SMILES string of the molecule is Cc1nc2ncccc2c(=O)n1CCNC(=O)C1CC1. The van der Waals surface area contributed by atoms with Crippen molar-refractivity contribution in [3.05, 3.63) is 34.5 Å². The lowest BCUT2D eigenvalue weighted by Crippen LogP contribution is -2.33.